The summed E-state index contributed by atoms with van der Waals surface area (Å²) >= 11 is 0. The Hall–Kier alpha value is -2.63. The Labute approximate surface area is 129 Å². The summed E-state index contributed by atoms with van der Waals surface area (Å²) in [4.78, 5) is 23.8. The quantitative estimate of drug-likeness (QED) is 0.878. The van der Waals surface area contributed by atoms with Crippen LogP contribution in [0.5, 0.6) is 0 Å². The van der Waals surface area contributed by atoms with Gasteiger partial charge in [0.15, 0.2) is 6.61 Å². The third-order valence-corrected chi connectivity index (χ3v) is 3.46. The van der Waals surface area contributed by atoms with Gasteiger partial charge < -0.3 is 10.1 Å². The summed E-state index contributed by atoms with van der Waals surface area (Å²) in [5.74, 6) is -0.926. The summed E-state index contributed by atoms with van der Waals surface area (Å²) in [6.45, 7) is 5.28. The highest BCUT2D eigenvalue weighted by Gasteiger charge is 2.16. The second kappa shape index (κ2) is 6.43. The molecule has 1 aromatic carbocycles. The van der Waals surface area contributed by atoms with Crippen molar-refractivity contribution < 1.29 is 14.3 Å². The first-order valence-corrected chi connectivity index (χ1v) is 6.91. The van der Waals surface area contributed by atoms with Gasteiger partial charge in [-0.05, 0) is 38.0 Å². The number of nitrogens with zero attached hydrogens (tertiary/aromatic N) is 2. The second-order valence-electron chi connectivity index (χ2n) is 5.21. The number of amides is 1. The molecule has 0 aliphatic carbocycles. The molecule has 0 aliphatic heterocycles. The van der Waals surface area contributed by atoms with Gasteiger partial charge in [-0.15, -0.1) is 0 Å². The van der Waals surface area contributed by atoms with E-state index in [1.54, 1.807) is 18.7 Å². The van der Waals surface area contributed by atoms with Crippen molar-refractivity contribution >= 4 is 17.6 Å². The Kier molecular flexibility index (Phi) is 4.60. The fraction of sp³-hybridized carbons (Fsp3) is 0.312. The number of anilines is 1. The molecule has 0 atom stereocenters. The van der Waals surface area contributed by atoms with Gasteiger partial charge in [0, 0.05) is 18.4 Å². The van der Waals surface area contributed by atoms with E-state index in [1.807, 2.05) is 32.0 Å². The normalized spacial score (nSPS) is 10.4. The monoisotopic (exact) mass is 301 g/mol. The highest BCUT2D eigenvalue weighted by molar-refractivity contribution is 5.96. The summed E-state index contributed by atoms with van der Waals surface area (Å²) in [6, 6.07) is 5.77. The van der Waals surface area contributed by atoms with Crippen LogP contribution in [0, 0.1) is 20.8 Å². The molecule has 0 saturated heterocycles. The maximum Gasteiger partial charge on any atom is 0.342 e. The predicted octanol–water partition coefficient (Wildman–Crippen LogP) is 2.14. The van der Waals surface area contributed by atoms with E-state index in [1.165, 1.54) is 6.20 Å². The SMILES string of the molecule is Cc1ccc(C)c(NC(=O)COC(=O)c2cnn(C)c2C)c1. The van der Waals surface area contributed by atoms with E-state index < -0.39 is 5.97 Å². The van der Waals surface area contributed by atoms with Crippen molar-refractivity contribution in [3.8, 4) is 0 Å². The first-order chi connectivity index (χ1) is 10.4. The Bertz CT molecular complexity index is 719. The highest BCUT2D eigenvalue weighted by atomic mass is 16.5. The average molecular weight is 301 g/mol. The van der Waals surface area contributed by atoms with Gasteiger partial charge in [0.1, 0.15) is 5.56 Å². The molecule has 6 heteroatoms. The van der Waals surface area contributed by atoms with Gasteiger partial charge in [0.05, 0.1) is 6.20 Å². The molecule has 116 valence electrons. The molecule has 2 aromatic rings. The number of aromatic nitrogens is 2. The van der Waals surface area contributed by atoms with Gasteiger partial charge in [-0.2, -0.15) is 5.10 Å². The third-order valence-electron chi connectivity index (χ3n) is 3.46. The van der Waals surface area contributed by atoms with Crippen molar-refractivity contribution in [1.82, 2.24) is 9.78 Å². The van der Waals surface area contributed by atoms with E-state index in [2.05, 4.69) is 10.4 Å². The Morgan fingerprint density at radius 3 is 2.64 bits per heavy atom. The molecule has 6 nitrogen and oxygen atoms in total. The van der Waals surface area contributed by atoms with Crippen LogP contribution in [0.2, 0.25) is 0 Å². The van der Waals surface area contributed by atoms with Crippen LogP contribution in [-0.4, -0.2) is 28.3 Å². The summed E-state index contributed by atoms with van der Waals surface area (Å²) in [5, 5.41) is 6.71. The van der Waals surface area contributed by atoms with Gasteiger partial charge in [-0.3, -0.25) is 9.48 Å². The Morgan fingerprint density at radius 2 is 2.00 bits per heavy atom. The first kappa shape index (κ1) is 15.8. The minimum Gasteiger partial charge on any atom is -0.452 e. The standard InChI is InChI=1S/C16H19N3O3/c1-10-5-6-11(2)14(7-10)18-15(20)9-22-16(21)13-8-17-19(4)12(13)3/h5-8H,9H2,1-4H3,(H,18,20). The molecule has 1 aromatic heterocycles. The average Bonchev–Trinajstić information content (AvgIpc) is 2.80. The van der Waals surface area contributed by atoms with Crippen molar-refractivity contribution in [2.24, 2.45) is 7.05 Å². The molecule has 0 aliphatic rings. The molecule has 0 saturated carbocycles. The molecule has 1 N–H and O–H groups in total. The number of aryl methyl sites for hydroxylation is 3. The number of ether oxygens (including phenoxy) is 1. The lowest BCUT2D eigenvalue weighted by Gasteiger charge is -2.09. The Balaban J connectivity index is 1.94. The number of benzene rings is 1. The van der Waals surface area contributed by atoms with E-state index in [0.29, 0.717) is 11.3 Å². The fourth-order valence-corrected chi connectivity index (χ4v) is 1.96. The molecule has 2 rings (SSSR count). The zero-order chi connectivity index (χ0) is 16.3. The number of hydrogen-bond acceptors (Lipinski definition) is 4. The maximum absolute atomic E-state index is 11.9. The van der Waals surface area contributed by atoms with Crippen LogP contribution in [0.25, 0.3) is 0 Å². The van der Waals surface area contributed by atoms with Gasteiger partial charge in [0.25, 0.3) is 5.91 Å². The molecule has 1 heterocycles. The lowest BCUT2D eigenvalue weighted by Crippen LogP contribution is -2.21. The first-order valence-electron chi connectivity index (χ1n) is 6.91. The van der Waals surface area contributed by atoms with Crippen LogP contribution in [0.15, 0.2) is 24.4 Å². The van der Waals surface area contributed by atoms with Crippen LogP contribution >= 0.6 is 0 Å². The minimum atomic E-state index is -0.554. The van der Waals surface area contributed by atoms with Crippen molar-refractivity contribution in [2.75, 3.05) is 11.9 Å². The number of esters is 1. The number of hydrogen-bond donors (Lipinski definition) is 1. The lowest BCUT2D eigenvalue weighted by molar-refractivity contribution is -0.119. The topological polar surface area (TPSA) is 73.2 Å². The molecule has 1 amide bonds. The zero-order valence-corrected chi connectivity index (χ0v) is 13.1. The molecule has 0 bridgehead atoms. The van der Waals surface area contributed by atoms with E-state index >= 15 is 0 Å². The fourth-order valence-electron chi connectivity index (χ4n) is 1.96. The van der Waals surface area contributed by atoms with Crippen LogP contribution in [0.1, 0.15) is 27.2 Å². The molecule has 0 spiro atoms. The van der Waals surface area contributed by atoms with E-state index in [4.69, 9.17) is 4.74 Å². The van der Waals surface area contributed by atoms with Gasteiger partial charge in [0.2, 0.25) is 0 Å². The number of nitrogens with one attached hydrogen (secondary N) is 1. The van der Waals surface area contributed by atoms with Crippen LogP contribution < -0.4 is 5.32 Å². The van der Waals surface area contributed by atoms with E-state index in [0.717, 1.165) is 16.8 Å². The van der Waals surface area contributed by atoms with Crippen LogP contribution in [-0.2, 0) is 16.6 Å². The van der Waals surface area contributed by atoms with Gasteiger partial charge in [-0.25, -0.2) is 4.79 Å². The van der Waals surface area contributed by atoms with E-state index in [-0.39, 0.29) is 12.5 Å². The lowest BCUT2D eigenvalue weighted by atomic mass is 10.1. The van der Waals surface area contributed by atoms with Crippen molar-refractivity contribution in [1.29, 1.82) is 0 Å². The second-order valence-corrected chi connectivity index (χ2v) is 5.21. The molecular formula is C16H19N3O3. The summed E-state index contributed by atoms with van der Waals surface area (Å²) in [6.07, 6.45) is 1.43. The maximum atomic E-state index is 11.9. The number of carbonyl (C=O) groups is 2. The number of carbonyl (C=O) groups excluding carboxylic acids is 2. The zero-order valence-electron chi connectivity index (χ0n) is 13.1. The smallest absolute Gasteiger partial charge is 0.342 e. The summed E-state index contributed by atoms with van der Waals surface area (Å²) < 4.78 is 6.60. The van der Waals surface area contributed by atoms with Crippen LogP contribution in [0.4, 0.5) is 5.69 Å². The molecule has 0 unspecified atom stereocenters. The molecule has 22 heavy (non-hydrogen) atoms. The molecule has 0 fully saturated rings. The molecule has 0 radical (unpaired) electrons. The van der Waals surface area contributed by atoms with Gasteiger partial charge >= 0.3 is 5.97 Å². The van der Waals surface area contributed by atoms with Crippen molar-refractivity contribution in [3.63, 3.8) is 0 Å². The molecular weight excluding hydrogens is 282 g/mol. The predicted molar refractivity (Wildman–Crippen MR) is 82.8 cm³/mol. The largest absolute Gasteiger partial charge is 0.452 e. The van der Waals surface area contributed by atoms with Gasteiger partial charge in [-0.1, -0.05) is 12.1 Å². The van der Waals surface area contributed by atoms with Crippen molar-refractivity contribution in [3.05, 3.63) is 46.8 Å². The summed E-state index contributed by atoms with van der Waals surface area (Å²) in [5.41, 5.74) is 3.78. The van der Waals surface area contributed by atoms with E-state index in [9.17, 15) is 9.59 Å². The summed E-state index contributed by atoms with van der Waals surface area (Å²) in [7, 11) is 1.74. The minimum absolute atomic E-state index is 0.333. The van der Waals surface area contributed by atoms with Crippen LogP contribution in [0.3, 0.4) is 0 Å². The number of rotatable bonds is 4. The third kappa shape index (κ3) is 3.52. The van der Waals surface area contributed by atoms with Crippen molar-refractivity contribution in [2.45, 2.75) is 20.8 Å². The Morgan fingerprint density at radius 1 is 1.27 bits per heavy atom. The highest BCUT2D eigenvalue weighted by Crippen LogP contribution is 2.16.